The number of hydrogen-bond acceptors (Lipinski definition) is 5. The molecule has 1 unspecified atom stereocenters. The number of hydrazine groups is 1. The van der Waals surface area contributed by atoms with Gasteiger partial charge in [-0.2, -0.15) is 13.2 Å². The standard InChI is InChI=1S/C13H15F3N2O4/c1-17(22-2)18(12(20)21)11(8-19)7-9-3-5-10(6-4-9)13(14,15)16/h3-6,8,11H,7H2,1-2H3,(H,20,21)/p-1. The number of aldehydes is 1. The quantitative estimate of drug-likeness (QED) is 0.575. The highest BCUT2D eigenvalue weighted by molar-refractivity contribution is 5.70. The predicted octanol–water partition coefficient (Wildman–Crippen LogP) is 0.869. The number of alkyl halides is 3. The van der Waals surface area contributed by atoms with Crippen molar-refractivity contribution < 1.29 is 32.7 Å². The molecule has 0 aliphatic heterocycles. The SMILES string of the molecule is CON(C)N(C(=O)[O-])C(C=O)Cc1ccc(C(F)(F)F)cc1. The molecule has 1 atom stereocenters. The first-order valence-corrected chi connectivity index (χ1v) is 6.10. The van der Waals surface area contributed by atoms with Crippen LogP contribution in [0.1, 0.15) is 11.1 Å². The molecule has 1 amide bonds. The number of benzene rings is 1. The third-order valence-corrected chi connectivity index (χ3v) is 2.95. The maximum atomic E-state index is 12.5. The zero-order chi connectivity index (χ0) is 16.9. The molecule has 122 valence electrons. The number of hydroxylamine groups is 1. The lowest BCUT2D eigenvalue weighted by Crippen LogP contribution is -2.56. The number of carbonyl (C=O) groups excluding carboxylic acids is 2. The summed E-state index contributed by atoms with van der Waals surface area (Å²) < 4.78 is 37.4. The Kier molecular flexibility index (Phi) is 5.89. The Balaban J connectivity index is 2.94. The first kappa shape index (κ1) is 17.9. The number of carboxylic acid groups (broad SMARTS) is 1. The molecular formula is C13H14F3N2O4-. The van der Waals surface area contributed by atoms with Crippen molar-refractivity contribution in [3.63, 3.8) is 0 Å². The first-order chi connectivity index (χ1) is 10.2. The van der Waals surface area contributed by atoms with Crippen LogP contribution >= 0.6 is 0 Å². The van der Waals surface area contributed by atoms with E-state index < -0.39 is 23.9 Å². The smallest absolute Gasteiger partial charge is 0.416 e. The van der Waals surface area contributed by atoms with Crippen LogP contribution in [0.25, 0.3) is 0 Å². The molecule has 0 aliphatic carbocycles. The van der Waals surface area contributed by atoms with E-state index in [4.69, 9.17) is 0 Å². The van der Waals surface area contributed by atoms with E-state index in [0.29, 0.717) is 16.9 Å². The maximum absolute atomic E-state index is 12.5. The molecule has 1 aromatic rings. The van der Waals surface area contributed by atoms with Gasteiger partial charge in [0, 0.05) is 13.5 Å². The van der Waals surface area contributed by atoms with E-state index in [0.717, 1.165) is 17.3 Å². The lowest BCUT2D eigenvalue weighted by molar-refractivity contribution is -0.322. The summed E-state index contributed by atoms with van der Waals surface area (Å²) in [6, 6.07) is 2.90. The summed E-state index contributed by atoms with van der Waals surface area (Å²) in [5.74, 6) is 0. The van der Waals surface area contributed by atoms with Crippen molar-refractivity contribution in [2.24, 2.45) is 0 Å². The van der Waals surface area contributed by atoms with Crippen LogP contribution in [-0.2, 0) is 22.2 Å². The molecule has 1 aromatic carbocycles. The topological polar surface area (TPSA) is 72.9 Å². The van der Waals surface area contributed by atoms with Gasteiger partial charge in [0.05, 0.1) is 12.7 Å². The lowest BCUT2D eigenvalue weighted by Gasteiger charge is -2.35. The normalized spacial score (nSPS) is 13.0. The molecule has 0 N–H and O–H groups in total. The van der Waals surface area contributed by atoms with E-state index in [1.54, 1.807) is 0 Å². The summed E-state index contributed by atoms with van der Waals surface area (Å²) in [7, 11) is 2.44. The number of carbonyl (C=O) groups is 2. The van der Waals surface area contributed by atoms with Crippen molar-refractivity contribution in [1.29, 1.82) is 0 Å². The highest BCUT2D eigenvalue weighted by Crippen LogP contribution is 2.29. The average Bonchev–Trinajstić information content (AvgIpc) is 2.45. The second-order valence-electron chi connectivity index (χ2n) is 4.36. The van der Waals surface area contributed by atoms with Gasteiger partial charge in [0.25, 0.3) is 0 Å². The third kappa shape index (κ3) is 4.43. The summed E-state index contributed by atoms with van der Waals surface area (Å²) in [5.41, 5.74) is -0.467. The van der Waals surface area contributed by atoms with Gasteiger partial charge in [-0.05, 0) is 17.7 Å². The van der Waals surface area contributed by atoms with Crippen molar-refractivity contribution in [2.75, 3.05) is 14.2 Å². The fourth-order valence-corrected chi connectivity index (χ4v) is 1.81. The highest BCUT2D eigenvalue weighted by Gasteiger charge is 2.30. The van der Waals surface area contributed by atoms with Crippen LogP contribution in [0.3, 0.4) is 0 Å². The zero-order valence-corrected chi connectivity index (χ0v) is 11.8. The van der Waals surface area contributed by atoms with Crippen LogP contribution in [0.5, 0.6) is 0 Å². The number of halogens is 3. The Bertz CT molecular complexity index is 519. The van der Waals surface area contributed by atoms with Gasteiger partial charge in [-0.25, -0.2) is 0 Å². The van der Waals surface area contributed by atoms with Gasteiger partial charge < -0.3 is 14.7 Å². The summed E-state index contributed by atoms with van der Waals surface area (Å²) in [5, 5.41) is 12.4. The van der Waals surface area contributed by atoms with Crippen molar-refractivity contribution in [3.05, 3.63) is 35.4 Å². The van der Waals surface area contributed by atoms with Gasteiger partial charge in [-0.15, -0.1) is 5.17 Å². The van der Waals surface area contributed by atoms with Gasteiger partial charge in [0.15, 0.2) is 6.09 Å². The predicted molar refractivity (Wildman–Crippen MR) is 67.0 cm³/mol. The van der Waals surface area contributed by atoms with Crippen LogP contribution in [0, 0.1) is 0 Å². The van der Waals surface area contributed by atoms with Gasteiger partial charge in [-0.1, -0.05) is 12.1 Å². The molecule has 0 aliphatic rings. The van der Waals surface area contributed by atoms with Gasteiger partial charge in [-0.3, -0.25) is 9.85 Å². The molecule has 0 radical (unpaired) electrons. The molecule has 0 fully saturated rings. The van der Waals surface area contributed by atoms with Crippen molar-refractivity contribution >= 4 is 12.4 Å². The summed E-state index contributed by atoms with van der Waals surface area (Å²) >= 11 is 0. The van der Waals surface area contributed by atoms with Crippen LogP contribution < -0.4 is 5.11 Å². The molecule has 0 heterocycles. The maximum Gasteiger partial charge on any atom is 0.416 e. The average molecular weight is 319 g/mol. The van der Waals surface area contributed by atoms with E-state index in [1.165, 1.54) is 26.3 Å². The third-order valence-electron chi connectivity index (χ3n) is 2.95. The fourth-order valence-electron chi connectivity index (χ4n) is 1.81. The second kappa shape index (κ2) is 7.23. The molecule has 0 saturated heterocycles. The van der Waals surface area contributed by atoms with E-state index >= 15 is 0 Å². The number of rotatable bonds is 6. The molecule has 0 bridgehead atoms. The van der Waals surface area contributed by atoms with Crippen molar-refractivity contribution in [1.82, 2.24) is 10.2 Å². The van der Waals surface area contributed by atoms with Crippen LogP contribution in [0.4, 0.5) is 18.0 Å². The second-order valence-corrected chi connectivity index (χ2v) is 4.36. The molecule has 9 heteroatoms. The Morgan fingerprint density at radius 3 is 2.27 bits per heavy atom. The minimum atomic E-state index is -4.46. The largest absolute Gasteiger partial charge is 0.529 e. The minimum Gasteiger partial charge on any atom is -0.529 e. The van der Waals surface area contributed by atoms with Crippen LogP contribution in [0.2, 0.25) is 0 Å². The van der Waals surface area contributed by atoms with Crippen molar-refractivity contribution in [2.45, 2.75) is 18.6 Å². The van der Waals surface area contributed by atoms with E-state index in [2.05, 4.69) is 4.84 Å². The van der Waals surface area contributed by atoms with Crippen LogP contribution in [0.15, 0.2) is 24.3 Å². The number of amides is 1. The zero-order valence-electron chi connectivity index (χ0n) is 11.8. The van der Waals surface area contributed by atoms with Gasteiger partial charge in [0.2, 0.25) is 0 Å². The molecule has 22 heavy (non-hydrogen) atoms. The van der Waals surface area contributed by atoms with E-state index in [9.17, 15) is 27.9 Å². The Hall–Kier alpha value is -2.13. The molecule has 0 saturated carbocycles. The van der Waals surface area contributed by atoms with E-state index in [1.807, 2.05) is 0 Å². The van der Waals surface area contributed by atoms with E-state index in [-0.39, 0.29) is 6.42 Å². The first-order valence-electron chi connectivity index (χ1n) is 6.10. The lowest BCUT2D eigenvalue weighted by atomic mass is 10.0. The molecular weight excluding hydrogens is 305 g/mol. The Morgan fingerprint density at radius 1 is 1.36 bits per heavy atom. The summed E-state index contributed by atoms with van der Waals surface area (Å²) in [4.78, 5) is 26.9. The Labute approximate surface area is 124 Å². The fraction of sp³-hybridized carbons (Fsp3) is 0.385. The summed E-state index contributed by atoms with van der Waals surface area (Å²) in [6.45, 7) is 0. The summed E-state index contributed by atoms with van der Waals surface area (Å²) in [6.07, 6.45) is -5.91. The molecule has 0 aromatic heterocycles. The molecule has 6 nitrogen and oxygen atoms in total. The van der Waals surface area contributed by atoms with Gasteiger partial charge >= 0.3 is 6.18 Å². The van der Waals surface area contributed by atoms with Crippen molar-refractivity contribution in [3.8, 4) is 0 Å². The minimum absolute atomic E-state index is 0.122. The van der Waals surface area contributed by atoms with Crippen LogP contribution in [-0.4, -0.2) is 42.8 Å². The molecule has 0 spiro atoms. The van der Waals surface area contributed by atoms with Gasteiger partial charge in [0.1, 0.15) is 12.3 Å². The highest BCUT2D eigenvalue weighted by atomic mass is 19.4. The molecule has 1 rings (SSSR count). The Morgan fingerprint density at radius 2 is 1.91 bits per heavy atom. The monoisotopic (exact) mass is 319 g/mol. The number of nitrogens with zero attached hydrogens (tertiary/aromatic N) is 2. The number of hydrogen-bond donors (Lipinski definition) is 0.